The normalized spacial score (nSPS) is 18.2. The molecular weight excluding hydrogens is 544 g/mol. The molecule has 0 aliphatic carbocycles. The molecule has 4 aromatic carbocycles. The van der Waals surface area contributed by atoms with E-state index in [0.717, 1.165) is 12.1 Å². The molecular formula is C43H41N2+. The number of allylic oxidation sites excluding steroid dienone is 1. The number of fused-ring (bicyclic) bond motifs is 4. The smallest absolute Gasteiger partial charge is 0.214 e. The van der Waals surface area contributed by atoms with Gasteiger partial charge < -0.3 is 0 Å². The third-order valence-electron chi connectivity index (χ3n) is 9.83. The van der Waals surface area contributed by atoms with Gasteiger partial charge in [0.1, 0.15) is 0 Å². The van der Waals surface area contributed by atoms with Crippen molar-refractivity contribution in [2.45, 2.75) is 58.0 Å². The molecule has 3 unspecified atom stereocenters. The van der Waals surface area contributed by atoms with Crippen LogP contribution in [0.15, 0.2) is 134 Å². The highest BCUT2D eigenvalue weighted by molar-refractivity contribution is 6.10. The van der Waals surface area contributed by atoms with Gasteiger partial charge in [0.25, 0.3) is 0 Å². The zero-order valence-corrected chi connectivity index (χ0v) is 26.8. The molecule has 0 spiro atoms. The predicted octanol–water partition coefficient (Wildman–Crippen LogP) is 10.3. The summed E-state index contributed by atoms with van der Waals surface area (Å²) in [6.45, 7) is 17.3. The van der Waals surface area contributed by atoms with Crippen LogP contribution >= 0.6 is 0 Å². The lowest BCUT2D eigenvalue weighted by molar-refractivity contribution is -0.701. The van der Waals surface area contributed by atoms with E-state index in [1.807, 2.05) is 12.2 Å². The average molecular weight is 586 g/mol. The van der Waals surface area contributed by atoms with Gasteiger partial charge in [0.05, 0.1) is 23.2 Å². The lowest BCUT2D eigenvalue weighted by Gasteiger charge is -2.33. The zero-order valence-electron chi connectivity index (χ0n) is 26.8. The van der Waals surface area contributed by atoms with Crippen LogP contribution in [-0.4, -0.2) is 11.8 Å². The summed E-state index contributed by atoms with van der Waals surface area (Å²) in [6.07, 6.45) is 7.19. The molecule has 0 saturated heterocycles. The first-order valence-electron chi connectivity index (χ1n) is 16.2. The molecule has 222 valence electrons. The summed E-state index contributed by atoms with van der Waals surface area (Å²) >= 11 is 0. The van der Waals surface area contributed by atoms with Gasteiger partial charge in [-0.25, -0.2) is 0 Å². The van der Waals surface area contributed by atoms with Gasteiger partial charge in [-0.15, -0.1) is 6.58 Å². The van der Waals surface area contributed by atoms with E-state index in [0.29, 0.717) is 5.92 Å². The topological polar surface area (TPSA) is 16.2 Å². The van der Waals surface area contributed by atoms with Crippen molar-refractivity contribution in [1.82, 2.24) is 0 Å². The second kappa shape index (κ2) is 11.6. The molecule has 45 heavy (non-hydrogen) atoms. The monoisotopic (exact) mass is 585 g/mol. The van der Waals surface area contributed by atoms with Crippen molar-refractivity contribution < 1.29 is 4.57 Å². The number of benzene rings is 4. The Morgan fingerprint density at radius 2 is 1.49 bits per heavy atom. The van der Waals surface area contributed by atoms with Crippen molar-refractivity contribution in [1.29, 1.82) is 0 Å². The molecule has 0 bridgehead atoms. The summed E-state index contributed by atoms with van der Waals surface area (Å²) in [7, 11) is 0. The summed E-state index contributed by atoms with van der Waals surface area (Å²) in [4.78, 5) is 5.33. The molecule has 2 nitrogen and oxygen atoms in total. The Bertz CT molecular complexity index is 1960. The van der Waals surface area contributed by atoms with Crippen molar-refractivity contribution in [3.8, 4) is 33.5 Å². The maximum absolute atomic E-state index is 5.33. The number of pyridine rings is 1. The molecule has 2 aliphatic heterocycles. The van der Waals surface area contributed by atoms with Crippen LogP contribution in [0.5, 0.6) is 0 Å². The van der Waals surface area contributed by atoms with E-state index in [4.69, 9.17) is 4.99 Å². The van der Waals surface area contributed by atoms with Crippen molar-refractivity contribution in [2.75, 3.05) is 0 Å². The molecule has 5 aromatic rings. The summed E-state index contributed by atoms with van der Waals surface area (Å²) < 4.78 is 2.58. The maximum Gasteiger partial charge on any atom is 0.214 e. The highest BCUT2D eigenvalue weighted by Gasteiger charge is 2.48. The first-order valence-corrected chi connectivity index (χ1v) is 16.2. The van der Waals surface area contributed by atoms with Crippen molar-refractivity contribution in [3.63, 3.8) is 0 Å². The molecule has 1 aromatic heterocycles. The van der Waals surface area contributed by atoms with Crippen LogP contribution in [0, 0.1) is 13.8 Å². The van der Waals surface area contributed by atoms with Crippen molar-refractivity contribution >= 4 is 5.71 Å². The average Bonchev–Trinajstić information content (AvgIpc) is 3.36. The molecule has 0 fully saturated rings. The minimum atomic E-state index is 0.0521. The number of hydrogen-bond donors (Lipinski definition) is 0. The van der Waals surface area contributed by atoms with Crippen molar-refractivity contribution in [3.05, 3.63) is 162 Å². The summed E-state index contributed by atoms with van der Waals surface area (Å²) in [6, 6.07) is 36.0. The van der Waals surface area contributed by atoms with E-state index in [1.54, 1.807) is 0 Å². The number of aryl methyl sites for hydroxylation is 2. The summed E-state index contributed by atoms with van der Waals surface area (Å²) in [5, 5.41) is 0. The predicted molar refractivity (Wildman–Crippen MR) is 189 cm³/mol. The van der Waals surface area contributed by atoms with E-state index >= 15 is 0 Å². The highest BCUT2D eigenvalue weighted by atomic mass is 15.1. The van der Waals surface area contributed by atoms with E-state index in [1.165, 1.54) is 66.9 Å². The number of rotatable bonds is 7. The van der Waals surface area contributed by atoms with Crippen LogP contribution < -0.4 is 4.57 Å². The standard InChI is InChI=1S/C43H41N2/c1-7-15-39-42(33-21-13-12-20-32(33)38(8-2)44-39)43-34-23-22-31(41-28(5)16-14-17-29(41)6)24-36(34)40-25-35(30-18-10-9-11-19-30)37(27(3)4)26-45(40)43/h7-14,16-27,39,42-43H,1-2,15H2,3-6H3/q+1. The molecule has 2 heteroatoms. The number of aromatic nitrogens is 1. The first-order chi connectivity index (χ1) is 21.9. The molecule has 0 saturated carbocycles. The van der Waals surface area contributed by atoms with E-state index in [-0.39, 0.29) is 18.0 Å². The Balaban J connectivity index is 1.53. The molecule has 3 heterocycles. The maximum atomic E-state index is 5.33. The summed E-state index contributed by atoms with van der Waals surface area (Å²) in [5.41, 5.74) is 16.5. The third-order valence-corrected chi connectivity index (χ3v) is 9.83. The minimum Gasteiger partial charge on any atom is -0.280 e. The van der Waals surface area contributed by atoms with Gasteiger partial charge in [0, 0.05) is 22.8 Å². The number of hydrogen-bond acceptors (Lipinski definition) is 1. The van der Waals surface area contributed by atoms with Crippen LogP contribution in [0.4, 0.5) is 0 Å². The highest BCUT2D eigenvalue weighted by Crippen LogP contribution is 2.49. The fraction of sp³-hybridized carbons (Fsp3) is 0.209. The Labute approximate surface area is 268 Å². The van der Waals surface area contributed by atoms with Gasteiger partial charge >= 0.3 is 0 Å². The minimum absolute atomic E-state index is 0.0521. The van der Waals surface area contributed by atoms with E-state index in [9.17, 15) is 0 Å². The fourth-order valence-corrected chi connectivity index (χ4v) is 7.81. The van der Waals surface area contributed by atoms with Gasteiger partial charge in [0.2, 0.25) is 5.69 Å². The SMILES string of the molecule is C=CCC1N=C(C=C)c2ccccc2C1C1c2ccc(-c3c(C)cccc3C)cc2-c2cc(-c3ccccc3)c(C(C)C)c[n+]21. The quantitative estimate of drug-likeness (QED) is 0.133. The zero-order chi connectivity index (χ0) is 31.2. The molecule has 2 aliphatic rings. The third kappa shape index (κ3) is 4.80. The van der Waals surface area contributed by atoms with Crippen LogP contribution in [0.1, 0.15) is 71.5 Å². The Morgan fingerprint density at radius 3 is 2.20 bits per heavy atom. The van der Waals surface area contributed by atoms with Gasteiger partial charge in [-0.3, -0.25) is 4.99 Å². The van der Waals surface area contributed by atoms with Gasteiger partial charge in [0.15, 0.2) is 12.2 Å². The molecule has 3 atom stereocenters. The second-order valence-electron chi connectivity index (χ2n) is 12.9. The first kappa shape index (κ1) is 28.9. The molecule has 7 rings (SSSR count). The lowest BCUT2D eigenvalue weighted by Crippen LogP contribution is -2.46. The van der Waals surface area contributed by atoms with Crippen LogP contribution in [-0.2, 0) is 0 Å². The van der Waals surface area contributed by atoms with E-state index < -0.39 is 0 Å². The fourth-order valence-electron chi connectivity index (χ4n) is 7.81. The number of nitrogens with zero attached hydrogens (tertiary/aromatic N) is 2. The Kier molecular flexibility index (Phi) is 7.45. The van der Waals surface area contributed by atoms with Crippen molar-refractivity contribution in [2.24, 2.45) is 4.99 Å². The lowest BCUT2D eigenvalue weighted by atomic mass is 9.76. The van der Waals surface area contributed by atoms with Crippen LogP contribution in [0.2, 0.25) is 0 Å². The summed E-state index contributed by atoms with van der Waals surface area (Å²) in [5.74, 6) is 0.502. The van der Waals surface area contributed by atoms with Gasteiger partial charge in [-0.2, -0.15) is 4.57 Å². The van der Waals surface area contributed by atoms with Gasteiger partial charge in [-0.1, -0.05) is 111 Å². The largest absolute Gasteiger partial charge is 0.280 e. The Morgan fingerprint density at radius 1 is 0.756 bits per heavy atom. The van der Waals surface area contributed by atoms with Gasteiger partial charge in [-0.05, 0) is 77.3 Å². The van der Waals surface area contributed by atoms with Crippen LogP contribution in [0.25, 0.3) is 33.5 Å². The Hall–Kier alpha value is -4.82. The second-order valence-corrected chi connectivity index (χ2v) is 12.9. The molecule has 0 N–H and O–H groups in total. The molecule has 0 radical (unpaired) electrons. The number of aliphatic imine (C=N–C) groups is 1. The molecule has 0 amide bonds. The van der Waals surface area contributed by atoms with Crippen LogP contribution in [0.3, 0.4) is 0 Å². The van der Waals surface area contributed by atoms with E-state index in [2.05, 4.69) is 149 Å².